The standard InChI is InChI=1S/C28H28N4O2/c33-28(16-13-22-11-14-26(15-12-22)34-21-23-7-3-1-4-8-23)31-18-17-25(19-31)32-20-27(29-30-32)24-9-5-2-6-10-24/h1-12,14-15,20,25H,13,16-19,21H2. The summed E-state index contributed by atoms with van der Waals surface area (Å²) in [6.45, 7) is 1.99. The zero-order chi connectivity index (χ0) is 23.2. The Morgan fingerprint density at radius 3 is 2.41 bits per heavy atom. The van der Waals surface area contributed by atoms with Crippen molar-refractivity contribution in [1.82, 2.24) is 19.9 Å². The molecule has 6 heteroatoms. The summed E-state index contributed by atoms with van der Waals surface area (Å²) in [5, 5.41) is 8.63. The number of ether oxygens (including phenoxy) is 1. The molecule has 1 saturated heterocycles. The Morgan fingerprint density at radius 2 is 1.65 bits per heavy atom. The van der Waals surface area contributed by atoms with E-state index in [0.29, 0.717) is 19.6 Å². The highest BCUT2D eigenvalue weighted by molar-refractivity contribution is 5.76. The van der Waals surface area contributed by atoms with Gasteiger partial charge in [-0.3, -0.25) is 4.79 Å². The molecule has 1 atom stereocenters. The molecule has 1 aliphatic rings. The first-order valence-corrected chi connectivity index (χ1v) is 11.8. The fourth-order valence-electron chi connectivity index (χ4n) is 4.28. The largest absolute Gasteiger partial charge is 0.489 e. The third kappa shape index (κ3) is 5.34. The summed E-state index contributed by atoms with van der Waals surface area (Å²) in [6.07, 6.45) is 4.11. The first-order valence-electron chi connectivity index (χ1n) is 11.8. The van der Waals surface area contributed by atoms with Crippen LogP contribution in [0.1, 0.15) is 30.0 Å². The van der Waals surface area contributed by atoms with E-state index < -0.39 is 0 Å². The third-order valence-electron chi connectivity index (χ3n) is 6.27. The number of hydrogen-bond acceptors (Lipinski definition) is 4. The molecule has 1 aromatic heterocycles. The smallest absolute Gasteiger partial charge is 0.222 e. The number of aryl methyl sites for hydroxylation is 1. The number of rotatable bonds is 8. The molecule has 1 amide bonds. The van der Waals surface area contributed by atoms with E-state index in [2.05, 4.69) is 10.3 Å². The summed E-state index contributed by atoms with van der Waals surface area (Å²) in [7, 11) is 0. The molecule has 1 aliphatic heterocycles. The van der Waals surface area contributed by atoms with Crippen LogP contribution in [-0.4, -0.2) is 38.9 Å². The van der Waals surface area contributed by atoms with Crippen LogP contribution in [0.2, 0.25) is 0 Å². The van der Waals surface area contributed by atoms with Crippen molar-refractivity contribution in [2.75, 3.05) is 13.1 Å². The van der Waals surface area contributed by atoms with Gasteiger partial charge in [-0.25, -0.2) is 4.68 Å². The molecular formula is C28H28N4O2. The SMILES string of the molecule is O=C(CCc1ccc(OCc2ccccc2)cc1)N1CCC(n2cc(-c3ccccc3)nn2)C1. The quantitative estimate of drug-likeness (QED) is 0.380. The zero-order valence-corrected chi connectivity index (χ0v) is 19.1. The van der Waals surface area contributed by atoms with Crippen LogP contribution in [0, 0.1) is 0 Å². The number of carbonyl (C=O) groups excluding carboxylic acids is 1. The Balaban J connectivity index is 1.09. The minimum Gasteiger partial charge on any atom is -0.489 e. The number of aromatic nitrogens is 3. The van der Waals surface area contributed by atoms with Crippen molar-refractivity contribution in [3.63, 3.8) is 0 Å². The fourth-order valence-corrected chi connectivity index (χ4v) is 4.28. The topological polar surface area (TPSA) is 60.2 Å². The summed E-state index contributed by atoms with van der Waals surface area (Å²) in [5.74, 6) is 1.03. The molecule has 4 aromatic rings. The van der Waals surface area contributed by atoms with Crippen LogP contribution >= 0.6 is 0 Å². The number of benzene rings is 3. The molecule has 3 aromatic carbocycles. The Bertz CT molecular complexity index is 1210. The summed E-state index contributed by atoms with van der Waals surface area (Å²) < 4.78 is 7.76. The molecule has 1 fully saturated rings. The number of likely N-dealkylation sites (tertiary alicyclic amines) is 1. The molecule has 0 bridgehead atoms. The number of hydrogen-bond donors (Lipinski definition) is 0. The van der Waals surface area contributed by atoms with Crippen molar-refractivity contribution in [3.05, 3.63) is 102 Å². The van der Waals surface area contributed by atoms with Crippen LogP contribution in [-0.2, 0) is 17.8 Å². The van der Waals surface area contributed by atoms with E-state index in [9.17, 15) is 4.79 Å². The lowest BCUT2D eigenvalue weighted by Gasteiger charge is -2.16. The van der Waals surface area contributed by atoms with Gasteiger partial charge in [0.2, 0.25) is 5.91 Å². The second kappa shape index (κ2) is 10.3. The van der Waals surface area contributed by atoms with Crippen molar-refractivity contribution >= 4 is 5.91 Å². The van der Waals surface area contributed by atoms with E-state index >= 15 is 0 Å². The fraction of sp³-hybridized carbons (Fsp3) is 0.250. The summed E-state index contributed by atoms with van der Waals surface area (Å²) in [4.78, 5) is 14.8. The van der Waals surface area contributed by atoms with E-state index in [1.54, 1.807) is 0 Å². The van der Waals surface area contributed by atoms with Crippen molar-refractivity contribution < 1.29 is 9.53 Å². The third-order valence-corrected chi connectivity index (χ3v) is 6.27. The minimum absolute atomic E-state index is 0.176. The van der Waals surface area contributed by atoms with Gasteiger partial charge in [-0.1, -0.05) is 78.0 Å². The van der Waals surface area contributed by atoms with Crippen LogP contribution < -0.4 is 4.74 Å². The molecule has 34 heavy (non-hydrogen) atoms. The summed E-state index contributed by atoms with van der Waals surface area (Å²) >= 11 is 0. The van der Waals surface area contributed by atoms with E-state index in [4.69, 9.17) is 4.74 Å². The monoisotopic (exact) mass is 452 g/mol. The lowest BCUT2D eigenvalue weighted by atomic mass is 10.1. The maximum atomic E-state index is 12.8. The molecule has 0 aliphatic carbocycles. The van der Waals surface area contributed by atoms with Crippen molar-refractivity contribution in [3.8, 4) is 17.0 Å². The summed E-state index contributed by atoms with van der Waals surface area (Å²) in [6, 6.07) is 28.4. The van der Waals surface area contributed by atoms with Gasteiger partial charge in [-0.05, 0) is 36.1 Å². The van der Waals surface area contributed by atoms with Crippen molar-refractivity contribution in [2.24, 2.45) is 0 Å². The normalized spacial score (nSPS) is 15.4. The number of amides is 1. The molecule has 0 radical (unpaired) electrons. The highest BCUT2D eigenvalue weighted by atomic mass is 16.5. The van der Waals surface area contributed by atoms with E-state index in [0.717, 1.165) is 47.5 Å². The van der Waals surface area contributed by atoms with Gasteiger partial charge in [0.1, 0.15) is 18.1 Å². The molecule has 0 saturated carbocycles. The highest BCUT2D eigenvalue weighted by Gasteiger charge is 2.28. The highest BCUT2D eigenvalue weighted by Crippen LogP contribution is 2.24. The van der Waals surface area contributed by atoms with Crippen molar-refractivity contribution in [1.29, 1.82) is 0 Å². The lowest BCUT2D eigenvalue weighted by molar-refractivity contribution is -0.130. The van der Waals surface area contributed by atoms with Gasteiger partial charge in [-0.2, -0.15) is 0 Å². The minimum atomic E-state index is 0.176. The summed E-state index contributed by atoms with van der Waals surface area (Å²) in [5.41, 5.74) is 4.20. The zero-order valence-electron chi connectivity index (χ0n) is 19.1. The predicted octanol–water partition coefficient (Wildman–Crippen LogP) is 4.93. The first-order chi connectivity index (χ1) is 16.7. The van der Waals surface area contributed by atoms with E-state index in [-0.39, 0.29) is 11.9 Å². The number of nitrogens with zero attached hydrogens (tertiary/aromatic N) is 4. The van der Waals surface area contributed by atoms with Crippen LogP contribution in [0.3, 0.4) is 0 Å². The average Bonchev–Trinajstić information content (AvgIpc) is 3.58. The Kier molecular flexibility index (Phi) is 6.66. The van der Waals surface area contributed by atoms with Gasteiger partial charge in [0, 0.05) is 25.1 Å². The lowest BCUT2D eigenvalue weighted by Crippen LogP contribution is -2.29. The molecule has 172 valence electrons. The second-order valence-corrected chi connectivity index (χ2v) is 8.65. The van der Waals surface area contributed by atoms with Gasteiger partial charge < -0.3 is 9.64 Å². The molecular weight excluding hydrogens is 424 g/mol. The molecule has 5 rings (SSSR count). The number of carbonyl (C=O) groups is 1. The van der Waals surface area contributed by atoms with Gasteiger partial charge in [0.05, 0.1) is 12.2 Å². The van der Waals surface area contributed by atoms with Crippen LogP contribution in [0.4, 0.5) is 0 Å². The van der Waals surface area contributed by atoms with E-state index in [1.807, 2.05) is 101 Å². The van der Waals surface area contributed by atoms with Gasteiger partial charge in [-0.15, -0.1) is 5.10 Å². The van der Waals surface area contributed by atoms with Crippen LogP contribution in [0.25, 0.3) is 11.3 Å². The Morgan fingerprint density at radius 1 is 0.912 bits per heavy atom. The molecule has 0 N–H and O–H groups in total. The molecule has 0 spiro atoms. The van der Waals surface area contributed by atoms with Gasteiger partial charge >= 0.3 is 0 Å². The van der Waals surface area contributed by atoms with Crippen LogP contribution in [0.15, 0.2) is 91.1 Å². The molecule has 1 unspecified atom stereocenters. The maximum Gasteiger partial charge on any atom is 0.222 e. The average molecular weight is 453 g/mol. The Labute approximate surface area is 199 Å². The van der Waals surface area contributed by atoms with Gasteiger partial charge in [0.25, 0.3) is 0 Å². The maximum absolute atomic E-state index is 12.8. The van der Waals surface area contributed by atoms with E-state index in [1.165, 1.54) is 0 Å². The molecule has 6 nitrogen and oxygen atoms in total. The van der Waals surface area contributed by atoms with Crippen LogP contribution in [0.5, 0.6) is 5.75 Å². The van der Waals surface area contributed by atoms with Gasteiger partial charge in [0.15, 0.2) is 0 Å². The van der Waals surface area contributed by atoms with Crippen molar-refractivity contribution in [2.45, 2.75) is 31.9 Å². The predicted molar refractivity (Wildman–Crippen MR) is 131 cm³/mol. The Hall–Kier alpha value is -3.93. The first kappa shape index (κ1) is 21.9. The molecule has 2 heterocycles. The second-order valence-electron chi connectivity index (χ2n) is 8.65.